The van der Waals surface area contributed by atoms with E-state index >= 15 is 0 Å². The molecule has 0 amide bonds. The molecule has 1 aromatic carbocycles. The standard InChI is InChI=1S/C20H16N6/c1-14(16-5-3-2-4-6-16)24-19-12-22-10-17(25-19)18-11-23-20-8-7-15(9-21)13-26(18)20/h2-8,10-14H,1H3,(H,24,25)/t14-/m0/s1. The first kappa shape index (κ1) is 15.8. The lowest BCUT2D eigenvalue weighted by molar-refractivity contribution is 0.871. The van der Waals surface area contributed by atoms with Crippen molar-refractivity contribution in [1.29, 1.82) is 5.26 Å². The van der Waals surface area contributed by atoms with Crippen LogP contribution >= 0.6 is 0 Å². The predicted molar refractivity (Wildman–Crippen MR) is 99.4 cm³/mol. The van der Waals surface area contributed by atoms with E-state index in [4.69, 9.17) is 5.26 Å². The molecule has 6 nitrogen and oxygen atoms in total. The summed E-state index contributed by atoms with van der Waals surface area (Å²) in [5.74, 6) is 0.685. The minimum absolute atomic E-state index is 0.105. The molecule has 0 fully saturated rings. The van der Waals surface area contributed by atoms with Gasteiger partial charge in [-0.25, -0.2) is 9.97 Å². The third-order valence-electron chi connectivity index (χ3n) is 4.20. The highest BCUT2D eigenvalue weighted by molar-refractivity contribution is 5.61. The van der Waals surface area contributed by atoms with E-state index in [2.05, 4.69) is 45.4 Å². The molecule has 0 unspecified atom stereocenters. The second kappa shape index (κ2) is 6.65. The smallest absolute Gasteiger partial charge is 0.145 e. The van der Waals surface area contributed by atoms with Crippen molar-refractivity contribution in [3.05, 3.63) is 78.4 Å². The van der Waals surface area contributed by atoms with Gasteiger partial charge in [-0.2, -0.15) is 5.26 Å². The summed E-state index contributed by atoms with van der Waals surface area (Å²) < 4.78 is 1.85. The van der Waals surface area contributed by atoms with Gasteiger partial charge in [-0.15, -0.1) is 0 Å². The van der Waals surface area contributed by atoms with Crippen LogP contribution in [0.3, 0.4) is 0 Å². The van der Waals surface area contributed by atoms with Crippen molar-refractivity contribution in [3.63, 3.8) is 0 Å². The van der Waals surface area contributed by atoms with E-state index in [1.807, 2.05) is 28.7 Å². The van der Waals surface area contributed by atoms with Gasteiger partial charge in [0.05, 0.1) is 29.8 Å². The van der Waals surface area contributed by atoms with Crippen LogP contribution in [0.5, 0.6) is 0 Å². The molecular formula is C20H16N6. The highest BCUT2D eigenvalue weighted by atomic mass is 15.1. The first-order valence-corrected chi connectivity index (χ1v) is 8.26. The van der Waals surface area contributed by atoms with Gasteiger partial charge in [0, 0.05) is 12.2 Å². The van der Waals surface area contributed by atoms with E-state index in [0.29, 0.717) is 17.1 Å². The molecule has 1 N–H and O–H groups in total. The number of rotatable bonds is 4. The predicted octanol–water partition coefficient (Wildman–Crippen LogP) is 3.84. The van der Waals surface area contributed by atoms with Gasteiger partial charge in [0.2, 0.25) is 0 Å². The van der Waals surface area contributed by atoms with Crippen LogP contribution in [0.25, 0.3) is 17.0 Å². The highest BCUT2D eigenvalue weighted by Gasteiger charge is 2.11. The lowest BCUT2D eigenvalue weighted by Crippen LogP contribution is -2.08. The maximum atomic E-state index is 9.13. The molecule has 6 heteroatoms. The molecule has 0 spiro atoms. The van der Waals surface area contributed by atoms with Crippen molar-refractivity contribution in [1.82, 2.24) is 19.4 Å². The van der Waals surface area contributed by atoms with Crippen LogP contribution < -0.4 is 5.32 Å². The maximum Gasteiger partial charge on any atom is 0.145 e. The van der Waals surface area contributed by atoms with Crippen LogP contribution in [0.15, 0.2) is 67.3 Å². The summed E-state index contributed by atoms with van der Waals surface area (Å²) in [7, 11) is 0. The highest BCUT2D eigenvalue weighted by Crippen LogP contribution is 2.22. The lowest BCUT2D eigenvalue weighted by atomic mass is 10.1. The Bertz CT molecular complexity index is 1090. The van der Waals surface area contributed by atoms with Gasteiger partial charge < -0.3 is 5.32 Å². The molecule has 0 bridgehead atoms. The van der Waals surface area contributed by atoms with Gasteiger partial charge >= 0.3 is 0 Å². The zero-order valence-corrected chi connectivity index (χ0v) is 14.2. The lowest BCUT2D eigenvalue weighted by Gasteiger charge is -2.15. The number of nitrogens with one attached hydrogen (secondary N) is 1. The summed E-state index contributed by atoms with van der Waals surface area (Å²) in [6.45, 7) is 2.08. The quantitative estimate of drug-likeness (QED) is 0.611. The van der Waals surface area contributed by atoms with E-state index in [9.17, 15) is 0 Å². The van der Waals surface area contributed by atoms with Crippen molar-refractivity contribution in [2.45, 2.75) is 13.0 Å². The monoisotopic (exact) mass is 340 g/mol. The molecule has 126 valence electrons. The third kappa shape index (κ3) is 2.98. The number of fused-ring (bicyclic) bond motifs is 1. The summed E-state index contributed by atoms with van der Waals surface area (Å²) in [4.78, 5) is 13.3. The molecule has 0 radical (unpaired) electrons. The second-order valence-corrected chi connectivity index (χ2v) is 5.97. The molecular weight excluding hydrogens is 324 g/mol. The number of pyridine rings is 1. The molecule has 4 rings (SSSR count). The molecule has 4 aromatic rings. The normalized spacial score (nSPS) is 11.8. The number of imidazole rings is 1. The number of aromatic nitrogens is 4. The molecule has 0 saturated carbocycles. The number of hydrogen-bond acceptors (Lipinski definition) is 5. The average Bonchev–Trinajstić information content (AvgIpc) is 3.12. The minimum Gasteiger partial charge on any atom is -0.362 e. The molecule has 0 saturated heterocycles. The molecule has 3 aromatic heterocycles. The molecule has 0 aliphatic rings. The Hall–Kier alpha value is -3.72. The van der Waals surface area contributed by atoms with Crippen molar-refractivity contribution in [2.75, 3.05) is 5.32 Å². The Kier molecular flexibility index (Phi) is 4.04. The summed E-state index contributed by atoms with van der Waals surface area (Å²) in [5, 5.41) is 12.5. The fourth-order valence-corrected chi connectivity index (χ4v) is 2.84. The number of hydrogen-bond donors (Lipinski definition) is 1. The van der Waals surface area contributed by atoms with Gasteiger partial charge in [-0.1, -0.05) is 30.3 Å². The number of nitrogens with zero attached hydrogens (tertiary/aromatic N) is 5. The zero-order chi connectivity index (χ0) is 17.9. The summed E-state index contributed by atoms with van der Waals surface area (Å²) in [6.07, 6.45) is 6.89. The van der Waals surface area contributed by atoms with Gasteiger partial charge in [0.25, 0.3) is 0 Å². The molecule has 3 heterocycles. The van der Waals surface area contributed by atoms with Gasteiger partial charge in [-0.05, 0) is 24.6 Å². The first-order valence-electron chi connectivity index (χ1n) is 8.26. The van der Waals surface area contributed by atoms with Crippen LogP contribution in [0.1, 0.15) is 24.1 Å². The maximum absolute atomic E-state index is 9.13. The van der Waals surface area contributed by atoms with Crippen molar-refractivity contribution in [2.24, 2.45) is 0 Å². The van der Waals surface area contributed by atoms with E-state index in [1.54, 1.807) is 30.9 Å². The van der Waals surface area contributed by atoms with Gasteiger partial charge in [-0.3, -0.25) is 9.38 Å². The van der Waals surface area contributed by atoms with Crippen LogP contribution in [-0.4, -0.2) is 19.4 Å². The SMILES string of the molecule is C[C@H](Nc1cncc(-c2cnc3ccc(C#N)cn23)n1)c1ccccc1. The van der Waals surface area contributed by atoms with Gasteiger partial charge in [0.1, 0.15) is 23.2 Å². The fraction of sp³-hybridized carbons (Fsp3) is 0.100. The van der Waals surface area contributed by atoms with E-state index in [1.165, 1.54) is 5.56 Å². The van der Waals surface area contributed by atoms with Crippen molar-refractivity contribution >= 4 is 11.5 Å². The minimum atomic E-state index is 0.105. The summed E-state index contributed by atoms with van der Waals surface area (Å²) in [6, 6.07) is 16.0. The summed E-state index contributed by atoms with van der Waals surface area (Å²) in [5.41, 5.74) is 3.99. The second-order valence-electron chi connectivity index (χ2n) is 5.97. The van der Waals surface area contributed by atoms with Gasteiger partial charge in [0.15, 0.2) is 0 Å². The molecule has 26 heavy (non-hydrogen) atoms. The number of nitriles is 1. The third-order valence-corrected chi connectivity index (χ3v) is 4.20. The Morgan fingerprint density at radius 3 is 2.73 bits per heavy atom. The van der Waals surface area contributed by atoms with Crippen molar-refractivity contribution < 1.29 is 0 Å². The Morgan fingerprint density at radius 2 is 1.92 bits per heavy atom. The van der Waals surface area contributed by atoms with Crippen LogP contribution in [-0.2, 0) is 0 Å². The zero-order valence-electron chi connectivity index (χ0n) is 14.2. The van der Waals surface area contributed by atoms with E-state index in [-0.39, 0.29) is 6.04 Å². The largest absolute Gasteiger partial charge is 0.362 e. The van der Waals surface area contributed by atoms with E-state index < -0.39 is 0 Å². The average molecular weight is 340 g/mol. The molecule has 0 aliphatic heterocycles. The molecule has 0 aliphatic carbocycles. The van der Waals surface area contributed by atoms with E-state index in [0.717, 1.165) is 11.3 Å². The van der Waals surface area contributed by atoms with Crippen LogP contribution in [0.4, 0.5) is 5.82 Å². The molecule has 1 atom stereocenters. The topological polar surface area (TPSA) is 78.9 Å². The summed E-state index contributed by atoms with van der Waals surface area (Å²) >= 11 is 0. The first-order chi connectivity index (χ1) is 12.7. The number of anilines is 1. The van der Waals surface area contributed by atoms with Crippen molar-refractivity contribution in [3.8, 4) is 17.5 Å². The number of benzene rings is 1. The Balaban J connectivity index is 1.67. The Morgan fingerprint density at radius 1 is 1.08 bits per heavy atom. The fourth-order valence-electron chi connectivity index (χ4n) is 2.84. The van der Waals surface area contributed by atoms with Crippen LogP contribution in [0, 0.1) is 11.3 Å². The Labute approximate surface area is 150 Å². The van der Waals surface area contributed by atoms with Crippen LogP contribution in [0.2, 0.25) is 0 Å².